The van der Waals surface area contributed by atoms with Crippen LogP contribution >= 0.6 is 0 Å². The molecule has 0 bridgehead atoms. The molecule has 3 N–H and O–H groups in total. The maximum atomic E-state index is 5.99. The number of likely N-dealkylation sites (N-methyl/N-ethyl adjacent to an activating group) is 1. The first-order chi connectivity index (χ1) is 8.65. The van der Waals surface area contributed by atoms with Crippen LogP contribution in [0.2, 0.25) is 0 Å². The molecule has 4 nitrogen and oxygen atoms in total. The van der Waals surface area contributed by atoms with Gasteiger partial charge in [-0.3, -0.25) is 4.99 Å². The minimum atomic E-state index is -0.0290. The minimum absolute atomic E-state index is 0.0290. The molecular formula is C15H32N4. The molecule has 2 atom stereocenters. The first kappa shape index (κ1) is 16.3. The number of nitrogens with two attached hydrogens (primary N) is 1. The molecule has 0 aliphatic heterocycles. The highest BCUT2D eigenvalue weighted by Gasteiger charge is 2.36. The summed E-state index contributed by atoms with van der Waals surface area (Å²) in [5, 5.41) is 3.24. The van der Waals surface area contributed by atoms with Crippen molar-refractivity contribution in [3.05, 3.63) is 0 Å². The number of aliphatic imine (C=N–C) groups is 1. The molecule has 0 aromatic carbocycles. The average Bonchev–Trinajstić information content (AvgIpc) is 2.24. The minimum Gasteiger partial charge on any atom is -0.370 e. The third kappa shape index (κ3) is 5.01. The van der Waals surface area contributed by atoms with E-state index in [1.165, 1.54) is 25.7 Å². The molecule has 0 heterocycles. The molecule has 0 aromatic rings. The smallest absolute Gasteiger partial charge is 0.189 e. The maximum absolute atomic E-state index is 5.99. The Morgan fingerprint density at radius 3 is 2.53 bits per heavy atom. The van der Waals surface area contributed by atoms with Crippen LogP contribution in [0.5, 0.6) is 0 Å². The predicted molar refractivity (Wildman–Crippen MR) is 83.4 cm³/mol. The molecular weight excluding hydrogens is 236 g/mol. The lowest BCUT2D eigenvalue weighted by molar-refractivity contribution is 0.0845. The van der Waals surface area contributed by atoms with Crippen molar-refractivity contribution in [1.82, 2.24) is 10.2 Å². The molecule has 0 radical (unpaired) electrons. The summed E-state index contributed by atoms with van der Waals surface area (Å²) in [7, 11) is 4.34. The van der Waals surface area contributed by atoms with Crippen molar-refractivity contribution >= 4 is 5.96 Å². The summed E-state index contributed by atoms with van der Waals surface area (Å²) in [6.07, 6.45) is 5.07. The largest absolute Gasteiger partial charge is 0.370 e. The molecule has 0 aromatic heterocycles. The molecule has 1 aliphatic rings. The van der Waals surface area contributed by atoms with E-state index in [1.807, 2.05) is 0 Å². The molecule has 0 spiro atoms. The van der Waals surface area contributed by atoms with Gasteiger partial charge in [0.15, 0.2) is 5.96 Å². The van der Waals surface area contributed by atoms with Crippen molar-refractivity contribution in [2.45, 2.75) is 64.5 Å². The van der Waals surface area contributed by atoms with Gasteiger partial charge < -0.3 is 16.0 Å². The van der Waals surface area contributed by atoms with E-state index in [4.69, 9.17) is 5.73 Å². The Balaban J connectivity index is 2.72. The van der Waals surface area contributed by atoms with Gasteiger partial charge in [0, 0.05) is 11.1 Å². The number of hydrogen-bond donors (Lipinski definition) is 2. The van der Waals surface area contributed by atoms with Gasteiger partial charge in [-0.05, 0) is 53.6 Å². The maximum Gasteiger partial charge on any atom is 0.189 e. The second kappa shape index (κ2) is 6.12. The third-order valence-corrected chi connectivity index (χ3v) is 4.06. The van der Waals surface area contributed by atoms with E-state index in [9.17, 15) is 0 Å². The highest BCUT2D eigenvalue weighted by atomic mass is 15.2. The molecule has 19 heavy (non-hydrogen) atoms. The first-order valence-electron chi connectivity index (χ1n) is 7.40. The van der Waals surface area contributed by atoms with Crippen LogP contribution in [0.25, 0.3) is 0 Å². The number of nitrogens with one attached hydrogen (secondary N) is 1. The summed E-state index contributed by atoms with van der Waals surface area (Å²) in [6, 6.07) is 0. The summed E-state index contributed by atoms with van der Waals surface area (Å²) in [6.45, 7) is 9.43. The molecule has 1 fully saturated rings. The zero-order chi connectivity index (χ0) is 14.7. The van der Waals surface area contributed by atoms with Gasteiger partial charge >= 0.3 is 0 Å². The quantitative estimate of drug-likeness (QED) is 0.609. The monoisotopic (exact) mass is 268 g/mol. The van der Waals surface area contributed by atoms with E-state index in [0.29, 0.717) is 5.96 Å². The standard InChI is InChI=1S/C15H32N4/c1-12-8-7-9-15(10-12,19(5)6)11-17-13(16)18-14(2,3)4/h12H,7-11H2,1-6H3,(H3,16,17,18). The molecule has 1 saturated carbocycles. The van der Waals surface area contributed by atoms with Crippen molar-refractivity contribution in [2.24, 2.45) is 16.6 Å². The lowest BCUT2D eigenvalue weighted by atomic mass is 9.75. The Kier molecular flexibility index (Phi) is 5.25. The number of hydrogen-bond acceptors (Lipinski definition) is 2. The van der Waals surface area contributed by atoms with Crippen LogP contribution in [0.1, 0.15) is 53.4 Å². The second-order valence-electron chi connectivity index (χ2n) is 7.40. The topological polar surface area (TPSA) is 53.6 Å². The van der Waals surface area contributed by atoms with Gasteiger partial charge in [-0.1, -0.05) is 19.8 Å². The zero-order valence-corrected chi connectivity index (χ0v) is 13.6. The second-order valence-corrected chi connectivity index (χ2v) is 7.40. The number of nitrogens with zero attached hydrogens (tertiary/aromatic N) is 2. The van der Waals surface area contributed by atoms with Crippen LogP contribution in [-0.2, 0) is 0 Å². The van der Waals surface area contributed by atoms with Crippen molar-refractivity contribution in [3.8, 4) is 0 Å². The molecule has 1 aliphatic carbocycles. The van der Waals surface area contributed by atoms with Crippen LogP contribution in [0, 0.1) is 5.92 Å². The first-order valence-corrected chi connectivity index (χ1v) is 7.40. The molecule has 0 amide bonds. The average molecular weight is 268 g/mol. The Hall–Kier alpha value is -0.770. The summed E-state index contributed by atoms with van der Waals surface area (Å²) in [4.78, 5) is 6.95. The predicted octanol–water partition coefficient (Wildman–Crippen LogP) is 2.20. The van der Waals surface area contributed by atoms with Crippen LogP contribution < -0.4 is 11.1 Å². The molecule has 0 saturated heterocycles. The fourth-order valence-electron chi connectivity index (χ4n) is 2.98. The Morgan fingerprint density at radius 2 is 2.05 bits per heavy atom. The highest BCUT2D eigenvalue weighted by Crippen LogP contribution is 2.35. The van der Waals surface area contributed by atoms with Crippen molar-refractivity contribution in [3.63, 3.8) is 0 Å². The van der Waals surface area contributed by atoms with Gasteiger partial charge in [0.2, 0.25) is 0 Å². The van der Waals surface area contributed by atoms with Crippen molar-refractivity contribution in [2.75, 3.05) is 20.6 Å². The van der Waals surface area contributed by atoms with Crippen LogP contribution in [-0.4, -0.2) is 42.6 Å². The molecule has 4 heteroatoms. The Labute approximate surface area is 118 Å². The van der Waals surface area contributed by atoms with E-state index >= 15 is 0 Å². The van der Waals surface area contributed by atoms with Gasteiger partial charge in [0.25, 0.3) is 0 Å². The third-order valence-electron chi connectivity index (χ3n) is 4.06. The van der Waals surface area contributed by atoms with Crippen LogP contribution in [0.4, 0.5) is 0 Å². The lowest BCUT2D eigenvalue weighted by Crippen LogP contribution is -2.51. The Bertz CT molecular complexity index is 317. The van der Waals surface area contributed by atoms with E-state index in [1.54, 1.807) is 0 Å². The van der Waals surface area contributed by atoms with Crippen LogP contribution in [0.3, 0.4) is 0 Å². The zero-order valence-electron chi connectivity index (χ0n) is 13.6. The van der Waals surface area contributed by atoms with Gasteiger partial charge in [-0.15, -0.1) is 0 Å². The summed E-state index contributed by atoms with van der Waals surface area (Å²) >= 11 is 0. The van der Waals surface area contributed by atoms with Gasteiger partial charge in [-0.25, -0.2) is 0 Å². The number of guanidine groups is 1. The van der Waals surface area contributed by atoms with E-state index in [0.717, 1.165) is 12.5 Å². The summed E-state index contributed by atoms with van der Waals surface area (Å²) in [5.74, 6) is 1.34. The fourth-order valence-corrected chi connectivity index (χ4v) is 2.98. The fraction of sp³-hybridized carbons (Fsp3) is 0.933. The SMILES string of the molecule is CC1CCCC(CN=C(N)NC(C)(C)C)(N(C)C)C1. The molecule has 2 unspecified atom stereocenters. The Morgan fingerprint density at radius 1 is 1.42 bits per heavy atom. The number of rotatable bonds is 3. The lowest BCUT2D eigenvalue weighted by Gasteiger charge is -2.44. The van der Waals surface area contributed by atoms with E-state index in [2.05, 4.69) is 57.0 Å². The van der Waals surface area contributed by atoms with Crippen molar-refractivity contribution in [1.29, 1.82) is 0 Å². The normalized spacial score (nSPS) is 29.6. The van der Waals surface area contributed by atoms with Crippen LogP contribution in [0.15, 0.2) is 4.99 Å². The van der Waals surface area contributed by atoms with Crippen molar-refractivity contribution < 1.29 is 0 Å². The molecule has 112 valence electrons. The van der Waals surface area contributed by atoms with E-state index in [-0.39, 0.29) is 11.1 Å². The van der Waals surface area contributed by atoms with Gasteiger partial charge in [0.1, 0.15) is 0 Å². The summed E-state index contributed by atoms with van der Waals surface area (Å²) in [5.41, 5.74) is 6.14. The highest BCUT2D eigenvalue weighted by molar-refractivity contribution is 5.78. The van der Waals surface area contributed by atoms with Gasteiger partial charge in [0.05, 0.1) is 6.54 Å². The summed E-state index contributed by atoms with van der Waals surface area (Å²) < 4.78 is 0. The van der Waals surface area contributed by atoms with E-state index < -0.39 is 0 Å². The van der Waals surface area contributed by atoms with Gasteiger partial charge in [-0.2, -0.15) is 0 Å². The molecule has 1 rings (SSSR count).